The number of aliphatic carboxylic acids is 1. The van der Waals surface area contributed by atoms with Crippen LogP contribution in [0.3, 0.4) is 0 Å². The van der Waals surface area contributed by atoms with Crippen molar-refractivity contribution in [1.82, 2.24) is 5.32 Å². The lowest BCUT2D eigenvalue weighted by atomic mass is 9.90. The number of carboxylic acid groups (broad SMARTS) is 1. The monoisotopic (exact) mass is 387 g/mol. The SMILES string of the molecule is O=C1CN(C(=O)CCC(=O)NC2(C(=O)O)CCCCCC2)c2ccccc2N1. The van der Waals surface area contributed by atoms with Crippen molar-refractivity contribution < 1.29 is 24.3 Å². The molecule has 3 rings (SSSR count). The van der Waals surface area contributed by atoms with Crippen LogP contribution in [-0.2, 0) is 19.2 Å². The van der Waals surface area contributed by atoms with Crippen LogP contribution in [0.2, 0.25) is 0 Å². The van der Waals surface area contributed by atoms with Gasteiger partial charge in [-0.15, -0.1) is 0 Å². The molecule has 0 radical (unpaired) electrons. The Labute approximate surface area is 163 Å². The molecule has 0 bridgehead atoms. The summed E-state index contributed by atoms with van der Waals surface area (Å²) in [7, 11) is 0. The van der Waals surface area contributed by atoms with Gasteiger partial charge in [0.15, 0.2) is 0 Å². The summed E-state index contributed by atoms with van der Waals surface area (Å²) in [6, 6.07) is 6.98. The fraction of sp³-hybridized carbons (Fsp3) is 0.500. The number of carbonyl (C=O) groups excluding carboxylic acids is 3. The van der Waals surface area contributed by atoms with Crippen LogP contribution < -0.4 is 15.5 Å². The molecule has 1 saturated carbocycles. The van der Waals surface area contributed by atoms with Crippen molar-refractivity contribution >= 4 is 35.1 Å². The molecule has 28 heavy (non-hydrogen) atoms. The quantitative estimate of drug-likeness (QED) is 0.669. The summed E-state index contributed by atoms with van der Waals surface area (Å²) < 4.78 is 0. The number of para-hydroxylation sites is 2. The molecule has 3 amide bonds. The third kappa shape index (κ3) is 4.32. The average Bonchev–Trinajstić information content (AvgIpc) is 2.92. The normalized spacial score (nSPS) is 18.4. The number of hydrogen-bond donors (Lipinski definition) is 3. The van der Waals surface area contributed by atoms with E-state index in [1.54, 1.807) is 24.3 Å². The van der Waals surface area contributed by atoms with Crippen molar-refractivity contribution in [2.75, 3.05) is 16.8 Å². The average molecular weight is 387 g/mol. The molecule has 8 heteroatoms. The summed E-state index contributed by atoms with van der Waals surface area (Å²) in [4.78, 5) is 50.0. The zero-order chi connectivity index (χ0) is 20.1. The number of carbonyl (C=O) groups is 4. The van der Waals surface area contributed by atoms with Crippen LogP contribution in [-0.4, -0.2) is 40.9 Å². The van der Waals surface area contributed by atoms with Crippen molar-refractivity contribution in [1.29, 1.82) is 0 Å². The van der Waals surface area contributed by atoms with Gasteiger partial charge in [0.25, 0.3) is 0 Å². The zero-order valence-corrected chi connectivity index (χ0v) is 15.7. The Hall–Kier alpha value is -2.90. The molecule has 0 aromatic heterocycles. The molecule has 3 N–H and O–H groups in total. The maximum atomic E-state index is 12.6. The van der Waals surface area contributed by atoms with E-state index < -0.39 is 17.4 Å². The van der Waals surface area contributed by atoms with Crippen LogP contribution in [0.4, 0.5) is 11.4 Å². The fourth-order valence-corrected chi connectivity index (χ4v) is 3.86. The van der Waals surface area contributed by atoms with E-state index >= 15 is 0 Å². The summed E-state index contributed by atoms with van der Waals surface area (Å²) in [6.45, 7) is -0.101. The molecule has 0 unspecified atom stereocenters. The first kappa shape index (κ1) is 19.9. The Bertz CT molecular complexity index is 784. The van der Waals surface area contributed by atoms with Crippen LogP contribution in [0, 0.1) is 0 Å². The zero-order valence-electron chi connectivity index (χ0n) is 15.7. The highest BCUT2D eigenvalue weighted by atomic mass is 16.4. The Morgan fingerprint density at radius 1 is 1.07 bits per heavy atom. The van der Waals surface area contributed by atoms with E-state index in [9.17, 15) is 24.3 Å². The van der Waals surface area contributed by atoms with Gasteiger partial charge in [-0.3, -0.25) is 14.4 Å². The molecule has 0 saturated heterocycles. The molecule has 1 aromatic rings. The van der Waals surface area contributed by atoms with Crippen molar-refractivity contribution in [3.8, 4) is 0 Å². The lowest BCUT2D eigenvalue weighted by Crippen LogP contribution is -2.54. The molecular formula is C20H25N3O5. The topological polar surface area (TPSA) is 116 Å². The molecule has 1 aliphatic carbocycles. The number of nitrogens with zero attached hydrogens (tertiary/aromatic N) is 1. The predicted molar refractivity (Wildman–Crippen MR) is 103 cm³/mol. The maximum Gasteiger partial charge on any atom is 0.329 e. The minimum Gasteiger partial charge on any atom is -0.480 e. The standard InChI is InChI=1S/C20H25N3O5/c24-16(22-20(19(27)28)11-5-1-2-6-12-20)9-10-18(26)23-13-17(25)21-14-7-3-4-8-15(14)23/h3-4,7-8H,1-2,5-6,9-13H2,(H,21,25)(H,22,24)(H,27,28). The van der Waals surface area contributed by atoms with Gasteiger partial charge in [0.05, 0.1) is 11.4 Å². The molecule has 150 valence electrons. The van der Waals surface area contributed by atoms with E-state index in [1.165, 1.54) is 4.90 Å². The van der Waals surface area contributed by atoms with Crippen molar-refractivity contribution in [3.05, 3.63) is 24.3 Å². The number of benzene rings is 1. The highest BCUT2D eigenvalue weighted by Crippen LogP contribution is 2.30. The van der Waals surface area contributed by atoms with Crippen LogP contribution in [0.5, 0.6) is 0 Å². The third-order valence-electron chi connectivity index (χ3n) is 5.38. The van der Waals surface area contributed by atoms with E-state index in [4.69, 9.17) is 0 Å². The van der Waals surface area contributed by atoms with E-state index in [0.29, 0.717) is 24.2 Å². The third-order valence-corrected chi connectivity index (χ3v) is 5.38. The highest BCUT2D eigenvalue weighted by molar-refractivity contribution is 6.10. The lowest BCUT2D eigenvalue weighted by molar-refractivity contribution is -0.148. The minimum absolute atomic E-state index is 0.0941. The van der Waals surface area contributed by atoms with Gasteiger partial charge in [-0.05, 0) is 25.0 Å². The summed E-state index contributed by atoms with van der Waals surface area (Å²) in [5.41, 5.74) is -0.0908. The summed E-state index contributed by atoms with van der Waals surface area (Å²) in [6.07, 6.45) is 4.02. The molecule has 0 spiro atoms. The van der Waals surface area contributed by atoms with Crippen molar-refractivity contribution in [2.45, 2.75) is 56.9 Å². The first-order valence-corrected chi connectivity index (χ1v) is 9.65. The van der Waals surface area contributed by atoms with Crippen LogP contribution in [0.1, 0.15) is 51.4 Å². The molecule has 1 heterocycles. The molecule has 1 aliphatic heterocycles. The van der Waals surface area contributed by atoms with Crippen LogP contribution in [0.25, 0.3) is 0 Å². The predicted octanol–water partition coefficient (Wildman–Crippen LogP) is 2.05. The number of anilines is 2. The number of hydrogen-bond acceptors (Lipinski definition) is 4. The number of carboxylic acids is 1. The molecule has 1 fully saturated rings. The Balaban J connectivity index is 1.62. The summed E-state index contributed by atoms with van der Waals surface area (Å²) in [5, 5.41) is 15.0. The van der Waals surface area contributed by atoms with Gasteiger partial charge in [-0.1, -0.05) is 37.8 Å². The molecular weight excluding hydrogens is 362 g/mol. The molecule has 0 atom stereocenters. The summed E-state index contributed by atoms with van der Waals surface area (Å²) >= 11 is 0. The number of amides is 3. The largest absolute Gasteiger partial charge is 0.480 e. The molecule has 8 nitrogen and oxygen atoms in total. The van der Waals surface area contributed by atoms with E-state index in [-0.39, 0.29) is 31.2 Å². The van der Waals surface area contributed by atoms with Crippen LogP contribution >= 0.6 is 0 Å². The Morgan fingerprint density at radius 3 is 2.43 bits per heavy atom. The van der Waals surface area contributed by atoms with E-state index in [1.807, 2.05) is 0 Å². The molecule has 1 aromatic carbocycles. The Kier molecular flexibility index (Phi) is 5.96. The maximum absolute atomic E-state index is 12.6. The van der Waals surface area contributed by atoms with Gasteiger partial charge in [-0.2, -0.15) is 0 Å². The first-order valence-electron chi connectivity index (χ1n) is 9.65. The van der Waals surface area contributed by atoms with Crippen molar-refractivity contribution in [3.63, 3.8) is 0 Å². The van der Waals surface area contributed by atoms with Gasteiger partial charge in [-0.25, -0.2) is 4.79 Å². The first-order chi connectivity index (χ1) is 13.4. The number of fused-ring (bicyclic) bond motifs is 1. The van der Waals surface area contributed by atoms with Gasteiger partial charge >= 0.3 is 5.97 Å². The van der Waals surface area contributed by atoms with Gasteiger partial charge < -0.3 is 20.6 Å². The number of nitrogens with one attached hydrogen (secondary N) is 2. The fourth-order valence-electron chi connectivity index (χ4n) is 3.86. The Morgan fingerprint density at radius 2 is 1.75 bits per heavy atom. The highest BCUT2D eigenvalue weighted by Gasteiger charge is 2.40. The van der Waals surface area contributed by atoms with Gasteiger partial charge in [0.1, 0.15) is 12.1 Å². The smallest absolute Gasteiger partial charge is 0.329 e. The molecule has 2 aliphatic rings. The lowest BCUT2D eigenvalue weighted by Gasteiger charge is -2.30. The second-order valence-electron chi connectivity index (χ2n) is 7.39. The minimum atomic E-state index is -1.24. The van der Waals surface area contributed by atoms with Crippen molar-refractivity contribution in [2.24, 2.45) is 0 Å². The summed E-state index contributed by atoms with van der Waals surface area (Å²) in [5.74, 6) is -2.11. The number of rotatable bonds is 5. The second kappa shape index (κ2) is 8.41. The van der Waals surface area contributed by atoms with Crippen LogP contribution in [0.15, 0.2) is 24.3 Å². The van der Waals surface area contributed by atoms with E-state index in [2.05, 4.69) is 10.6 Å². The van der Waals surface area contributed by atoms with Gasteiger partial charge in [0, 0.05) is 12.8 Å². The van der Waals surface area contributed by atoms with E-state index in [0.717, 1.165) is 25.7 Å². The second-order valence-corrected chi connectivity index (χ2v) is 7.39. The van der Waals surface area contributed by atoms with Gasteiger partial charge in [0.2, 0.25) is 17.7 Å².